The molecule has 0 aliphatic heterocycles. The molecule has 1 saturated carbocycles. The first kappa shape index (κ1) is 33.5. The number of benzene rings is 4. The van der Waals surface area contributed by atoms with Gasteiger partial charge in [0, 0.05) is 12.6 Å². The van der Waals surface area contributed by atoms with Crippen LogP contribution < -0.4 is 19.1 Å². The highest BCUT2D eigenvalue weighted by Gasteiger charge is 2.33. The van der Waals surface area contributed by atoms with Gasteiger partial charge in [0.1, 0.15) is 29.8 Å². The number of aryl methyl sites for hydroxylation is 1. The molecular weight excluding hydrogens is 614 g/mol. The summed E-state index contributed by atoms with van der Waals surface area (Å²) in [5, 5.41) is 3.09. The van der Waals surface area contributed by atoms with Crippen molar-refractivity contribution in [1.29, 1.82) is 0 Å². The molecule has 0 bridgehead atoms. The monoisotopic (exact) mass is 655 g/mol. The first-order valence-electron chi connectivity index (χ1n) is 15.8. The van der Waals surface area contributed by atoms with Gasteiger partial charge >= 0.3 is 0 Å². The molecule has 1 atom stereocenters. The van der Waals surface area contributed by atoms with Crippen LogP contribution in [0.2, 0.25) is 0 Å². The van der Waals surface area contributed by atoms with E-state index < -0.39 is 28.5 Å². The fourth-order valence-corrected chi connectivity index (χ4v) is 6.99. The van der Waals surface area contributed by atoms with Crippen molar-refractivity contribution in [3.63, 3.8) is 0 Å². The first-order chi connectivity index (χ1) is 22.6. The van der Waals surface area contributed by atoms with E-state index in [9.17, 15) is 18.0 Å². The van der Waals surface area contributed by atoms with Gasteiger partial charge in [0.05, 0.1) is 17.7 Å². The number of ether oxygens (including phenoxy) is 2. The Morgan fingerprint density at radius 1 is 0.830 bits per heavy atom. The van der Waals surface area contributed by atoms with Gasteiger partial charge in [0.2, 0.25) is 11.8 Å². The normalized spacial score (nSPS) is 13.9. The molecule has 2 amide bonds. The van der Waals surface area contributed by atoms with Crippen molar-refractivity contribution < 1.29 is 27.5 Å². The van der Waals surface area contributed by atoms with Crippen molar-refractivity contribution in [3.05, 3.63) is 114 Å². The molecule has 47 heavy (non-hydrogen) atoms. The molecule has 0 heterocycles. The molecule has 0 spiro atoms. The van der Waals surface area contributed by atoms with Gasteiger partial charge in [-0.2, -0.15) is 0 Å². The molecule has 0 saturated heterocycles. The second-order valence-electron chi connectivity index (χ2n) is 11.8. The number of rotatable bonds is 13. The average molecular weight is 656 g/mol. The lowest BCUT2D eigenvalue weighted by atomic mass is 10.1. The first-order valence-corrected chi connectivity index (χ1v) is 17.2. The zero-order valence-corrected chi connectivity index (χ0v) is 27.8. The number of carbonyl (C=O) groups excluding carboxylic acids is 2. The fraction of sp³-hybridized carbons (Fsp3) is 0.297. The molecule has 9 nitrogen and oxygen atoms in total. The van der Waals surface area contributed by atoms with Crippen LogP contribution in [0.5, 0.6) is 17.2 Å². The fourth-order valence-electron chi connectivity index (χ4n) is 5.57. The molecule has 10 heteroatoms. The van der Waals surface area contributed by atoms with E-state index in [0.29, 0.717) is 17.2 Å². The summed E-state index contributed by atoms with van der Waals surface area (Å²) in [5.74, 6) is 1.02. The molecule has 246 valence electrons. The van der Waals surface area contributed by atoms with E-state index in [-0.39, 0.29) is 29.1 Å². The van der Waals surface area contributed by atoms with Crippen LogP contribution in [0.3, 0.4) is 0 Å². The number of methoxy groups -OCH3 is 1. The summed E-state index contributed by atoms with van der Waals surface area (Å²) >= 11 is 0. The Balaban J connectivity index is 1.46. The number of sulfonamides is 1. The molecule has 1 N–H and O–H groups in total. The van der Waals surface area contributed by atoms with E-state index in [4.69, 9.17) is 9.47 Å². The third-order valence-corrected chi connectivity index (χ3v) is 10.2. The van der Waals surface area contributed by atoms with Gasteiger partial charge in [-0.1, -0.05) is 60.9 Å². The number of amides is 2. The number of nitrogens with zero attached hydrogens (tertiary/aromatic N) is 2. The van der Waals surface area contributed by atoms with Crippen LogP contribution in [-0.4, -0.2) is 50.9 Å². The Hall–Kier alpha value is -4.83. The van der Waals surface area contributed by atoms with Crippen molar-refractivity contribution >= 4 is 27.5 Å². The zero-order valence-electron chi connectivity index (χ0n) is 27.0. The minimum atomic E-state index is -4.19. The summed E-state index contributed by atoms with van der Waals surface area (Å²) in [4.78, 5) is 29.2. The summed E-state index contributed by atoms with van der Waals surface area (Å²) in [7, 11) is -2.62. The van der Waals surface area contributed by atoms with Gasteiger partial charge in [0.25, 0.3) is 10.0 Å². The maximum atomic E-state index is 14.3. The van der Waals surface area contributed by atoms with Gasteiger partial charge in [-0.25, -0.2) is 8.42 Å². The Morgan fingerprint density at radius 2 is 1.43 bits per heavy atom. The van der Waals surface area contributed by atoms with Gasteiger partial charge in [-0.15, -0.1) is 0 Å². The summed E-state index contributed by atoms with van der Waals surface area (Å²) in [6.45, 7) is 3.13. The Bertz CT molecular complexity index is 1740. The number of hydrogen-bond donors (Lipinski definition) is 1. The SMILES string of the molecule is COc1ccc(CN(C(=O)CN(c2ccc(Oc3ccccc3)cc2)S(=O)(=O)c2ccc(C)cc2)C(C)C(=O)NC2CCCC2)cc1. The van der Waals surface area contributed by atoms with E-state index in [1.807, 2.05) is 49.4 Å². The second kappa shape index (κ2) is 15.2. The smallest absolute Gasteiger partial charge is 0.264 e. The molecule has 4 aromatic rings. The lowest BCUT2D eigenvalue weighted by Gasteiger charge is -2.32. The number of carbonyl (C=O) groups is 2. The lowest BCUT2D eigenvalue weighted by Crippen LogP contribution is -2.52. The van der Waals surface area contributed by atoms with Gasteiger partial charge in [0.15, 0.2) is 0 Å². The van der Waals surface area contributed by atoms with Gasteiger partial charge in [-0.05, 0) is 92.9 Å². The predicted octanol–water partition coefficient (Wildman–Crippen LogP) is 6.47. The molecule has 1 unspecified atom stereocenters. The third-order valence-electron chi connectivity index (χ3n) is 8.37. The van der Waals surface area contributed by atoms with E-state index in [0.717, 1.165) is 41.1 Å². The maximum Gasteiger partial charge on any atom is 0.264 e. The molecule has 1 fully saturated rings. The van der Waals surface area contributed by atoms with Crippen LogP contribution >= 0.6 is 0 Å². The van der Waals surface area contributed by atoms with Crippen LogP contribution in [0.15, 0.2) is 108 Å². The highest BCUT2D eigenvalue weighted by Crippen LogP contribution is 2.29. The van der Waals surface area contributed by atoms with Crippen molar-refractivity contribution in [1.82, 2.24) is 10.2 Å². The highest BCUT2D eigenvalue weighted by molar-refractivity contribution is 7.92. The summed E-state index contributed by atoms with van der Waals surface area (Å²) in [6.07, 6.45) is 3.90. The Kier molecular flexibility index (Phi) is 10.8. The number of para-hydroxylation sites is 1. The Morgan fingerprint density at radius 3 is 2.04 bits per heavy atom. The van der Waals surface area contributed by atoms with Crippen molar-refractivity contribution in [2.24, 2.45) is 0 Å². The third kappa shape index (κ3) is 8.51. The average Bonchev–Trinajstić information content (AvgIpc) is 3.60. The molecule has 1 aliphatic carbocycles. The number of anilines is 1. The zero-order chi connectivity index (χ0) is 33.4. The molecule has 4 aromatic carbocycles. The van der Waals surface area contributed by atoms with E-state index >= 15 is 0 Å². The largest absolute Gasteiger partial charge is 0.497 e. The van der Waals surface area contributed by atoms with E-state index in [2.05, 4.69) is 5.32 Å². The standard InChI is InChI=1S/C37H41N3O6S/c1-27-13-23-35(24-14-27)47(43,44)40(31-17-21-34(22-18-31)46-33-11-5-4-6-12-33)26-36(41)39(25-29-15-19-32(45-3)20-16-29)28(2)37(42)38-30-9-7-8-10-30/h4-6,11-24,28,30H,7-10,25-26H2,1-3H3,(H,38,42). The van der Waals surface area contributed by atoms with E-state index in [1.165, 1.54) is 17.0 Å². The summed E-state index contributed by atoms with van der Waals surface area (Å²) in [5.41, 5.74) is 1.96. The summed E-state index contributed by atoms with van der Waals surface area (Å²) < 4.78 is 40.6. The second-order valence-corrected chi connectivity index (χ2v) is 13.6. The van der Waals surface area contributed by atoms with Crippen molar-refractivity contribution in [3.8, 4) is 17.2 Å². The number of hydrogen-bond acceptors (Lipinski definition) is 6. The quantitative estimate of drug-likeness (QED) is 0.177. The molecule has 5 rings (SSSR count). The summed E-state index contributed by atoms with van der Waals surface area (Å²) in [6, 6.07) is 28.7. The van der Waals surface area contributed by atoms with Gasteiger partial charge in [-0.3, -0.25) is 13.9 Å². The van der Waals surface area contributed by atoms with Crippen molar-refractivity contribution in [2.75, 3.05) is 18.0 Å². The molecular formula is C37H41N3O6S. The van der Waals surface area contributed by atoms with Crippen LogP contribution in [0.4, 0.5) is 5.69 Å². The van der Waals surface area contributed by atoms with Crippen LogP contribution in [-0.2, 0) is 26.2 Å². The van der Waals surface area contributed by atoms with Crippen LogP contribution in [0, 0.1) is 6.92 Å². The molecule has 1 aliphatic rings. The van der Waals surface area contributed by atoms with Crippen molar-refractivity contribution in [2.45, 2.75) is 63.1 Å². The topological polar surface area (TPSA) is 105 Å². The Labute approximate surface area is 277 Å². The lowest BCUT2D eigenvalue weighted by molar-refractivity contribution is -0.139. The van der Waals surface area contributed by atoms with Gasteiger partial charge < -0.3 is 19.7 Å². The predicted molar refractivity (Wildman–Crippen MR) is 182 cm³/mol. The number of nitrogens with one attached hydrogen (secondary N) is 1. The van der Waals surface area contributed by atoms with Crippen LogP contribution in [0.25, 0.3) is 0 Å². The van der Waals surface area contributed by atoms with E-state index in [1.54, 1.807) is 62.6 Å². The maximum absolute atomic E-state index is 14.3. The van der Waals surface area contributed by atoms with Crippen LogP contribution in [0.1, 0.15) is 43.7 Å². The minimum Gasteiger partial charge on any atom is -0.497 e. The highest BCUT2D eigenvalue weighted by atomic mass is 32.2. The molecule has 0 aromatic heterocycles. The molecule has 0 radical (unpaired) electrons. The minimum absolute atomic E-state index is 0.0502.